The van der Waals surface area contributed by atoms with Crippen molar-refractivity contribution in [3.63, 3.8) is 0 Å². The number of nitrogens with zero attached hydrogens (tertiary/aromatic N) is 3. The van der Waals surface area contributed by atoms with Crippen molar-refractivity contribution < 1.29 is 9.32 Å². The van der Waals surface area contributed by atoms with Crippen LogP contribution in [-0.2, 0) is 4.79 Å². The quantitative estimate of drug-likeness (QED) is 0.780. The fourth-order valence-electron chi connectivity index (χ4n) is 2.96. The Morgan fingerprint density at radius 3 is 2.88 bits per heavy atom. The fraction of sp³-hybridized carbons (Fsp3) is 0.750. The van der Waals surface area contributed by atoms with Crippen LogP contribution in [0.3, 0.4) is 0 Å². The van der Waals surface area contributed by atoms with Gasteiger partial charge in [-0.25, -0.2) is 0 Å². The molecule has 2 heterocycles. The van der Waals surface area contributed by atoms with E-state index < -0.39 is 0 Å². The SMILES string of the molecule is O=C(C1CCCC1)N1CC[C@H](c2ncon2)C1. The van der Waals surface area contributed by atoms with Crippen molar-refractivity contribution in [2.75, 3.05) is 13.1 Å². The number of hydrogen-bond donors (Lipinski definition) is 0. The van der Waals surface area contributed by atoms with Crippen molar-refractivity contribution >= 4 is 5.91 Å². The van der Waals surface area contributed by atoms with Crippen LogP contribution in [0.5, 0.6) is 0 Å². The van der Waals surface area contributed by atoms with Crippen LogP contribution in [0.2, 0.25) is 0 Å². The lowest BCUT2D eigenvalue weighted by Crippen LogP contribution is -2.33. The molecule has 0 unspecified atom stereocenters. The highest BCUT2D eigenvalue weighted by atomic mass is 16.5. The second-order valence-corrected chi connectivity index (χ2v) is 5.04. The van der Waals surface area contributed by atoms with E-state index in [1.807, 2.05) is 4.90 Å². The van der Waals surface area contributed by atoms with Crippen molar-refractivity contribution in [2.24, 2.45) is 5.92 Å². The van der Waals surface area contributed by atoms with Gasteiger partial charge in [-0.3, -0.25) is 4.79 Å². The molecule has 0 bridgehead atoms. The Bertz CT molecular complexity index is 384. The van der Waals surface area contributed by atoms with Gasteiger partial charge in [-0.1, -0.05) is 18.0 Å². The number of aromatic nitrogens is 2. The molecule has 0 radical (unpaired) electrons. The molecule has 1 aliphatic heterocycles. The van der Waals surface area contributed by atoms with Crippen LogP contribution in [0.1, 0.15) is 43.8 Å². The molecule has 5 heteroatoms. The summed E-state index contributed by atoms with van der Waals surface area (Å²) in [4.78, 5) is 18.3. The Kier molecular flexibility index (Phi) is 2.82. The molecule has 3 rings (SSSR count). The molecule has 1 aliphatic carbocycles. The molecule has 92 valence electrons. The maximum Gasteiger partial charge on any atom is 0.225 e. The van der Waals surface area contributed by atoms with E-state index in [-0.39, 0.29) is 11.8 Å². The third kappa shape index (κ3) is 2.06. The Balaban J connectivity index is 1.62. The minimum absolute atomic E-state index is 0.263. The van der Waals surface area contributed by atoms with Crippen molar-refractivity contribution in [3.8, 4) is 0 Å². The lowest BCUT2D eigenvalue weighted by Gasteiger charge is -2.19. The van der Waals surface area contributed by atoms with Crippen LogP contribution in [0.15, 0.2) is 10.9 Å². The molecule has 17 heavy (non-hydrogen) atoms. The summed E-state index contributed by atoms with van der Waals surface area (Å²) in [7, 11) is 0. The molecule has 1 amide bonds. The predicted molar refractivity (Wildman–Crippen MR) is 60.2 cm³/mol. The summed E-state index contributed by atoms with van der Waals surface area (Å²) < 4.78 is 4.76. The minimum atomic E-state index is 0.263. The second-order valence-electron chi connectivity index (χ2n) is 5.04. The molecule has 0 aromatic carbocycles. The zero-order chi connectivity index (χ0) is 11.7. The van der Waals surface area contributed by atoms with Crippen LogP contribution < -0.4 is 0 Å². The molecule has 1 aromatic rings. The van der Waals surface area contributed by atoms with E-state index in [9.17, 15) is 4.79 Å². The van der Waals surface area contributed by atoms with Gasteiger partial charge >= 0.3 is 0 Å². The Labute approximate surface area is 100 Å². The summed E-state index contributed by atoms with van der Waals surface area (Å²) >= 11 is 0. The highest BCUT2D eigenvalue weighted by Crippen LogP contribution is 2.30. The zero-order valence-electron chi connectivity index (χ0n) is 9.84. The van der Waals surface area contributed by atoms with Gasteiger partial charge in [0, 0.05) is 24.9 Å². The monoisotopic (exact) mass is 235 g/mol. The number of likely N-dealkylation sites (tertiary alicyclic amines) is 1. The lowest BCUT2D eigenvalue weighted by molar-refractivity contribution is -0.134. The third-order valence-corrected chi connectivity index (χ3v) is 3.95. The molecule has 0 spiro atoms. The fourth-order valence-corrected chi connectivity index (χ4v) is 2.96. The summed E-state index contributed by atoms with van der Waals surface area (Å²) in [6.45, 7) is 1.60. The third-order valence-electron chi connectivity index (χ3n) is 3.95. The maximum absolute atomic E-state index is 12.2. The highest BCUT2D eigenvalue weighted by Gasteiger charge is 2.34. The van der Waals surface area contributed by atoms with Gasteiger partial charge in [0.05, 0.1) is 0 Å². The molecule has 2 fully saturated rings. The van der Waals surface area contributed by atoms with E-state index in [1.165, 1.54) is 19.2 Å². The van der Waals surface area contributed by atoms with Crippen molar-refractivity contribution in [2.45, 2.75) is 38.0 Å². The van der Waals surface area contributed by atoms with E-state index in [2.05, 4.69) is 10.1 Å². The van der Waals surface area contributed by atoms with Gasteiger partial charge in [0.25, 0.3) is 0 Å². The van der Waals surface area contributed by atoms with Gasteiger partial charge in [0.2, 0.25) is 12.3 Å². The maximum atomic E-state index is 12.2. The summed E-state index contributed by atoms with van der Waals surface area (Å²) in [5, 5.41) is 3.87. The average molecular weight is 235 g/mol. The molecule has 1 saturated carbocycles. The van der Waals surface area contributed by atoms with E-state index in [0.29, 0.717) is 5.91 Å². The zero-order valence-corrected chi connectivity index (χ0v) is 9.84. The first-order valence-electron chi connectivity index (χ1n) is 6.39. The molecule has 2 aliphatic rings. The van der Waals surface area contributed by atoms with Crippen molar-refractivity contribution in [1.82, 2.24) is 15.0 Å². The predicted octanol–water partition coefficient (Wildman–Crippen LogP) is 1.58. The van der Waals surface area contributed by atoms with E-state index >= 15 is 0 Å². The van der Waals surface area contributed by atoms with E-state index in [4.69, 9.17) is 4.52 Å². The summed E-state index contributed by atoms with van der Waals surface area (Å²) in [6, 6.07) is 0. The molecular formula is C12H17N3O2. The minimum Gasteiger partial charge on any atom is -0.343 e. The summed E-state index contributed by atoms with van der Waals surface area (Å²) in [5.74, 6) is 1.62. The topological polar surface area (TPSA) is 59.2 Å². The lowest BCUT2D eigenvalue weighted by atomic mass is 10.1. The first-order valence-corrected chi connectivity index (χ1v) is 6.39. The Morgan fingerprint density at radius 2 is 2.18 bits per heavy atom. The number of carbonyl (C=O) groups excluding carboxylic acids is 1. The number of hydrogen-bond acceptors (Lipinski definition) is 4. The van der Waals surface area contributed by atoms with Gasteiger partial charge < -0.3 is 9.42 Å². The van der Waals surface area contributed by atoms with Crippen molar-refractivity contribution in [1.29, 1.82) is 0 Å². The number of carbonyl (C=O) groups is 1. The molecule has 5 nitrogen and oxygen atoms in total. The van der Waals surface area contributed by atoms with Gasteiger partial charge in [-0.2, -0.15) is 4.98 Å². The Hall–Kier alpha value is -1.39. The Morgan fingerprint density at radius 1 is 1.35 bits per heavy atom. The van der Waals surface area contributed by atoms with Gasteiger partial charge in [0.15, 0.2) is 5.82 Å². The highest BCUT2D eigenvalue weighted by molar-refractivity contribution is 5.79. The molecule has 0 N–H and O–H groups in total. The number of amides is 1. The first-order chi connectivity index (χ1) is 8.34. The van der Waals surface area contributed by atoms with Crippen LogP contribution in [0.25, 0.3) is 0 Å². The van der Waals surface area contributed by atoms with Crippen LogP contribution >= 0.6 is 0 Å². The van der Waals surface area contributed by atoms with E-state index in [0.717, 1.165) is 38.2 Å². The van der Waals surface area contributed by atoms with Crippen LogP contribution in [0, 0.1) is 5.92 Å². The van der Waals surface area contributed by atoms with Gasteiger partial charge in [0.1, 0.15) is 0 Å². The molecule has 1 aromatic heterocycles. The molecule has 1 saturated heterocycles. The first kappa shape index (κ1) is 10.7. The van der Waals surface area contributed by atoms with Crippen molar-refractivity contribution in [3.05, 3.63) is 12.2 Å². The average Bonchev–Trinajstić information content (AvgIpc) is 3.09. The summed E-state index contributed by atoms with van der Waals surface area (Å²) in [6.07, 6.45) is 6.87. The largest absolute Gasteiger partial charge is 0.343 e. The molecule has 1 atom stereocenters. The molecular weight excluding hydrogens is 218 g/mol. The van der Waals surface area contributed by atoms with E-state index in [1.54, 1.807) is 0 Å². The summed E-state index contributed by atoms with van der Waals surface area (Å²) in [5.41, 5.74) is 0. The normalized spacial score (nSPS) is 25.6. The van der Waals surface area contributed by atoms with Gasteiger partial charge in [-0.05, 0) is 19.3 Å². The smallest absolute Gasteiger partial charge is 0.225 e. The van der Waals surface area contributed by atoms with Gasteiger partial charge in [-0.15, -0.1) is 0 Å². The van der Waals surface area contributed by atoms with Crippen LogP contribution in [-0.4, -0.2) is 34.0 Å². The standard InChI is InChI=1S/C12H17N3O2/c16-12(9-3-1-2-4-9)15-6-5-10(7-15)11-13-8-17-14-11/h8-10H,1-7H2/t10-/m0/s1. The second kappa shape index (κ2) is 4.47. The number of rotatable bonds is 2. The van der Waals surface area contributed by atoms with Crippen LogP contribution in [0.4, 0.5) is 0 Å².